The molecule has 0 saturated carbocycles. The van der Waals surface area contributed by atoms with Gasteiger partial charge in [0, 0.05) is 35.0 Å². The summed E-state index contributed by atoms with van der Waals surface area (Å²) in [6.45, 7) is 3.05. The molecule has 0 aliphatic heterocycles. The number of hydrogen-bond donors (Lipinski definition) is 1. The van der Waals surface area contributed by atoms with E-state index in [0.29, 0.717) is 0 Å². The fourth-order valence-electron chi connectivity index (χ4n) is 2.67. The van der Waals surface area contributed by atoms with Crippen LogP contribution in [0, 0.1) is 0 Å². The Morgan fingerprint density at radius 2 is 2.15 bits per heavy atom. The number of methoxy groups -OCH3 is 1. The predicted octanol–water partition coefficient (Wildman–Crippen LogP) is 3.90. The molecule has 0 fully saturated rings. The number of nitrogens with zero attached hydrogens (tertiary/aromatic N) is 1. The number of thiophene rings is 1. The summed E-state index contributed by atoms with van der Waals surface area (Å²) in [7, 11) is 1.69. The minimum Gasteiger partial charge on any atom is -0.497 e. The molecule has 20 heavy (non-hydrogen) atoms. The van der Waals surface area contributed by atoms with Crippen LogP contribution in [0.15, 0.2) is 35.7 Å². The van der Waals surface area contributed by atoms with Gasteiger partial charge in [0.1, 0.15) is 5.75 Å². The maximum atomic E-state index is 6.37. The van der Waals surface area contributed by atoms with Crippen molar-refractivity contribution in [2.75, 3.05) is 12.8 Å². The zero-order chi connectivity index (χ0) is 14.1. The molecule has 0 aliphatic carbocycles. The van der Waals surface area contributed by atoms with Gasteiger partial charge in [0.2, 0.25) is 0 Å². The summed E-state index contributed by atoms with van der Waals surface area (Å²) in [5, 5.41) is 3.22. The number of hydrogen-bond acceptors (Lipinski definition) is 3. The van der Waals surface area contributed by atoms with Crippen LogP contribution in [0.25, 0.3) is 10.9 Å². The highest BCUT2D eigenvalue weighted by Gasteiger charge is 2.15. The van der Waals surface area contributed by atoms with Crippen LogP contribution in [-0.2, 0) is 13.0 Å². The van der Waals surface area contributed by atoms with E-state index >= 15 is 0 Å². The molecule has 0 unspecified atom stereocenters. The Morgan fingerprint density at radius 1 is 1.30 bits per heavy atom. The Kier molecular flexibility index (Phi) is 3.40. The van der Waals surface area contributed by atoms with E-state index in [9.17, 15) is 0 Å². The number of nitrogen functional groups attached to an aromatic ring is 1. The second-order valence-corrected chi connectivity index (χ2v) is 5.78. The van der Waals surface area contributed by atoms with E-state index in [2.05, 4.69) is 35.1 Å². The summed E-state index contributed by atoms with van der Waals surface area (Å²) < 4.78 is 7.61. The van der Waals surface area contributed by atoms with E-state index in [-0.39, 0.29) is 0 Å². The van der Waals surface area contributed by atoms with Crippen LogP contribution in [0.5, 0.6) is 5.75 Å². The second kappa shape index (κ2) is 5.21. The van der Waals surface area contributed by atoms with Crippen molar-refractivity contribution in [3.63, 3.8) is 0 Å². The molecule has 0 radical (unpaired) electrons. The van der Waals surface area contributed by atoms with Crippen molar-refractivity contribution in [2.45, 2.75) is 19.9 Å². The zero-order valence-electron chi connectivity index (χ0n) is 11.7. The number of nitrogens with two attached hydrogens (primary N) is 1. The van der Waals surface area contributed by atoms with Gasteiger partial charge in [-0.1, -0.05) is 6.07 Å². The van der Waals surface area contributed by atoms with Crippen LogP contribution in [-0.4, -0.2) is 11.7 Å². The number of fused-ring (bicyclic) bond motifs is 1. The van der Waals surface area contributed by atoms with Gasteiger partial charge in [-0.2, -0.15) is 0 Å². The summed E-state index contributed by atoms with van der Waals surface area (Å²) in [5.74, 6) is 0.868. The molecule has 4 heteroatoms. The number of ether oxygens (including phenoxy) is 1. The summed E-state index contributed by atoms with van der Waals surface area (Å²) in [6.07, 6.45) is 0.883. The number of aromatic nitrogens is 1. The smallest absolute Gasteiger partial charge is 0.120 e. The summed E-state index contributed by atoms with van der Waals surface area (Å²) in [5.41, 5.74) is 9.60. The molecule has 2 aromatic heterocycles. The van der Waals surface area contributed by atoms with Crippen molar-refractivity contribution in [1.82, 2.24) is 4.57 Å². The van der Waals surface area contributed by atoms with E-state index in [1.807, 2.05) is 12.1 Å². The summed E-state index contributed by atoms with van der Waals surface area (Å²) in [4.78, 5) is 1.33. The molecule has 0 amide bonds. The first kappa shape index (κ1) is 13.1. The number of aryl methyl sites for hydroxylation is 1. The van der Waals surface area contributed by atoms with Gasteiger partial charge in [-0.3, -0.25) is 0 Å². The first-order valence-corrected chi connectivity index (χ1v) is 7.59. The van der Waals surface area contributed by atoms with Crippen molar-refractivity contribution >= 4 is 27.9 Å². The monoisotopic (exact) mass is 286 g/mol. The molecule has 0 atom stereocenters. The fourth-order valence-corrected chi connectivity index (χ4v) is 3.37. The van der Waals surface area contributed by atoms with Gasteiger partial charge in [0.25, 0.3) is 0 Å². The van der Waals surface area contributed by atoms with Gasteiger partial charge in [0.05, 0.1) is 18.3 Å². The molecule has 104 valence electrons. The summed E-state index contributed by atoms with van der Waals surface area (Å²) in [6, 6.07) is 10.3. The van der Waals surface area contributed by atoms with Crippen LogP contribution in [0.1, 0.15) is 17.5 Å². The Morgan fingerprint density at radius 3 is 2.80 bits per heavy atom. The Labute approximate surface area is 122 Å². The van der Waals surface area contributed by atoms with Gasteiger partial charge in [-0.25, -0.2) is 0 Å². The second-order valence-electron chi connectivity index (χ2n) is 4.74. The molecular formula is C16H18N2OS. The van der Waals surface area contributed by atoms with Crippen molar-refractivity contribution in [1.29, 1.82) is 0 Å². The van der Waals surface area contributed by atoms with Crippen LogP contribution in [0.3, 0.4) is 0 Å². The number of anilines is 1. The molecule has 3 aromatic rings. The zero-order valence-corrected chi connectivity index (χ0v) is 12.5. The summed E-state index contributed by atoms with van der Waals surface area (Å²) >= 11 is 1.77. The Hall–Kier alpha value is -1.94. The van der Waals surface area contributed by atoms with Gasteiger partial charge < -0.3 is 15.0 Å². The van der Waals surface area contributed by atoms with Gasteiger partial charge in [-0.15, -0.1) is 11.3 Å². The van der Waals surface area contributed by atoms with Gasteiger partial charge in [-0.05, 0) is 30.5 Å². The highest BCUT2D eigenvalue weighted by Crippen LogP contribution is 2.33. The average Bonchev–Trinajstić information content (AvgIpc) is 3.07. The maximum absolute atomic E-state index is 6.37. The van der Waals surface area contributed by atoms with Crippen molar-refractivity contribution in [3.8, 4) is 5.75 Å². The van der Waals surface area contributed by atoms with E-state index in [4.69, 9.17) is 10.5 Å². The largest absolute Gasteiger partial charge is 0.497 e. The quantitative estimate of drug-likeness (QED) is 0.790. The Bertz CT molecular complexity index is 729. The fraction of sp³-hybridized carbons (Fsp3) is 0.250. The third-order valence-electron chi connectivity index (χ3n) is 3.66. The Balaban J connectivity index is 2.17. The van der Waals surface area contributed by atoms with E-state index < -0.39 is 0 Å². The minimum absolute atomic E-state index is 0.868. The molecule has 0 bridgehead atoms. The minimum atomic E-state index is 0.868. The molecule has 3 nitrogen and oxygen atoms in total. The lowest BCUT2D eigenvalue weighted by atomic mass is 10.2. The molecular weight excluding hydrogens is 268 g/mol. The number of rotatable bonds is 4. The third kappa shape index (κ3) is 2.06. The standard InChI is InChI=1S/C16H18N2OS/c1-3-18-14-9-11(19-2)6-7-13(14)16(17)15(18)10-12-5-4-8-20-12/h4-9H,3,10,17H2,1-2H3. The lowest BCUT2D eigenvalue weighted by Gasteiger charge is -2.08. The van der Waals surface area contributed by atoms with Crippen LogP contribution in [0.2, 0.25) is 0 Å². The molecule has 0 saturated heterocycles. The van der Waals surface area contributed by atoms with E-state index in [1.54, 1.807) is 18.4 Å². The van der Waals surface area contributed by atoms with E-state index in [0.717, 1.165) is 35.3 Å². The van der Waals surface area contributed by atoms with Crippen LogP contribution < -0.4 is 10.5 Å². The van der Waals surface area contributed by atoms with Crippen molar-refractivity contribution < 1.29 is 4.74 Å². The molecule has 1 aromatic carbocycles. The lowest BCUT2D eigenvalue weighted by Crippen LogP contribution is -2.02. The molecule has 3 rings (SSSR count). The van der Waals surface area contributed by atoms with Crippen molar-refractivity contribution in [3.05, 3.63) is 46.3 Å². The van der Waals surface area contributed by atoms with Gasteiger partial charge in [0.15, 0.2) is 0 Å². The topological polar surface area (TPSA) is 40.2 Å². The maximum Gasteiger partial charge on any atom is 0.120 e. The van der Waals surface area contributed by atoms with Gasteiger partial charge >= 0.3 is 0 Å². The highest BCUT2D eigenvalue weighted by atomic mass is 32.1. The molecule has 2 heterocycles. The van der Waals surface area contributed by atoms with E-state index in [1.165, 1.54) is 10.6 Å². The van der Waals surface area contributed by atoms with Crippen LogP contribution >= 0.6 is 11.3 Å². The lowest BCUT2D eigenvalue weighted by molar-refractivity contribution is 0.415. The third-order valence-corrected chi connectivity index (χ3v) is 4.54. The van der Waals surface area contributed by atoms with Crippen LogP contribution in [0.4, 0.5) is 5.69 Å². The predicted molar refractivity (Wildman–Crippen MR) is 85.7 cm³/mol. The molecule has 0 aliphatic rings. The highest BCUT2D eigenvalue weighted by molar-refractivity contribution is 7.09. The first-order valence-electron chi connectivity index (χ1n) is 6.71. The SMILES string of the molecule is CCn1c(Cc2cccs2)c(N)c2ccc(OC)cc21. The first-order chi connectivity index (χ1) is 9.74. The van der Waals surface area contributed by atoms with Crippen molar-refractivity contribution in [2.24, 2.45) is 0 Å². The average molecular weight is 286 g/mol. The molecule has 0 spiro atoms. The normalized spacial score (nSPS) is 11.1. The number of benzene rings is 1. The molecule has 2 N–H and O–H groups in total.